The van der Waals surface area contributed by atoms with Crippen molar-refractivity contribution in [2.45, 2.75) is 43.9 Å². The highest BCUT2D eigenvalue weighted by molar-refractivity contribution is 7.92. The molecular formula is C22H27ClN2O3S. The van der Waals surface area contributed by atoms with Crippen molar-refractivity contribution in [2.24, 2.45) is 5.92 Å². The maximum Gasteiger partial charge on any atom is 0.264 e. The topological polar surface area (TPSA) is 66.5 Å². The third kappa shape index (κ3) is 5.52. The molecule has 0 aliphatic heterocycles. The van der Waals surface area contributed by atoms with Crippen LogP contribution in [0.15, 0.2) is 53.4 Å². The Morgan fingerprint density at radius 3 is 2.38 bits per heavy atom. The van der Waals surface area contributed by atoms with Gasteiger partial charge in [-0.3, -0.25) is 9.10 Å². The summed E-state index contributed by atoms with van der Waals surface area (Å²) in [5.41, 5.74) is 1.28. The number of halogens is 1. The van der Waals surface area contributed by atoms with Crippen LogP contribution < -0.4 is 9.62 Å². The summed E-state index contributed by atoms with van der Waals surface area (Å²) in [6.45, 7) is 2.17. The molecule has 0 bridgehead atoms. The molecule has 1 fully saturated rings. The standard InChI is InChI=1S/C22H27ClN2O3S/c1-17-7-5-6-10-21(17)25(29(27,28)20-13-11-19(23)12-14-20)16-22(26)24-15-18-8-3-2-4-9-18/h5-7,10-14,18H,2-4,8-9,15-16H2,1H3,(H,24,26). The minimum atomic E-state index is -3.92. The number of benzene rings is 2. The van der Waals surface area contributed by atoms with Crippen LogP contribution in [0.1, 0.15) is 37.7 Å². The van der Waals surface area contributed by atoms with Crippen molar-refractivity contribution in [1.82, 2.24) is 5.32 Å². The third-order valence-corrected chi connectivity index (χ3v) is 7.41. The second-order valence-electron chi connectivity index (χ2n) is 7.56. The van der Waals surface area contributed by atoms with Crippen LogP contribution in [-0.2, 0) is 14.8 Å². The van der Waals surface area contributed by atoms with Crippen LogP contribution in [0.25, 0.3) is 0 Å². The molecule has 1 aliphatic rings. The molecule has 1 aliphatic carbocycles. The van der Waals surface area contributed by atoms with Crippen LogP contribution in [0.5, 0.6) is 0 Å². The van der Waals surface area contributed by atoms with Crippen LogP contribution in [0.2, 0.25) is 5.02 Å². The Hall–Kier alpha value is -2.05. The molecule has 0 aromatic heterocycles. The number of nitrogens with one attached hydrogen (secondary N) is 1. The lowest BCUT2D eigenvalue weighted by atomic mass is 9.89. The number of sulfonamides is 1. The maximum atomic E-state index is 13.3. The van der Waals surface area contributed by atoms with Crippen molar-refractivity contribution in [2.75, 3.05) is 17.4 Å². The molecule has 1 saturated carbocycles. The largest absolute Gasteiger partial charge is 0.354 e. The van der Waals surface area contributed by atoms with Gasteiger partial charge in [0.2, 0.25) is 5.91 Å². The Kier molecular flexibility index (Phi) is 7.19. The average molecular weight is 435 g/mol. The number of carbonyl (C=O) groups excluding carboxylic acids is 1. The third-order valence-electron chi connectivity index (χ3n) is 5.39. The number of hydrogen-bond acceptors (Lipinski definition) is 3. The molecule has 29 heavy (non-hydrogen) atoms. The van der Waals surface area contributed by atoms with E-state index in [1.807, 2.05) is 19.1 Å². The van der Waals surface area contributed by atoms with Gasteiger partial charge in [0.05, 0.1) is 10.6 Å². The summed E-state index contributed by atoms with van der Waals surface area (Å²) in [7, 11) is -3.92. The number of rotatable bonds is 7. The second kappa shape index (κ2) is 9.63. The van der Waals surface area contributed by atoms with Crippen LogP contribution >= 0.6 is 11.6 Å². The molecule has 7 heteroatoms. The van der Waals surface area contributed by atoms with Gasteiger partial charge in [0, 0.05) is 11.6 Å². The molecule has 2 aromatic carbocycles. The fraction of sp³-hybridized carbons (Fsp3) is 0.409. The lowest BCUT2D eigenvalue weighted by Gasteiger charge is -2.26. The van der Waals surface area contributed by atoms with Crippen LogP contribution in [0.4, 0.5) is 5.69 Å². The summed E-state index contributed by atoms with van der Waals surface area (Å²) in [5, 5.41) is 3.39. The maximum absolute atomic E-state index is 13.3. The quantitative estimate of drug-likeness (QED) is 0.695. The number of anilines is 1. The molecule has 5 nitrogen and oxygen atoms in total. The van der Waals surface area contributed by atoms with Gasteiger partial charge in [0.25, 0.3) is 10.0 Å². The average Bonchev–Trinajstić information content (AvgIpc) is 2.72. The number of aryl methyl sites for hydroxylation is 1. The molecule has 0 radical (unpaired) electrons. The first kappa shape index (κ1) is 21.7. The summed E-state index contributed by atoms with van der Waals surface area (Å²) in [5.74, 6) is 0.184. The molecule has 0 heterocycles. The van der Waals surface area contributed by atoms with Crippen molar-refractivity contribution in [1.29, 1.82) is 0 Å². The van der Waals surface area contributed by atoms with E-state index in [1.54, 1.807) is 12.1 Å². The van der Waals surface area contributed by atoms with Gasteiger partial charge in [-0.2, -0.15) is 0 Å². The fourth-order valence-electron chi connectivity index (χ4n) is 3.71. The minimum absolute atomic E-state index is 0.102. The number of amides is 1. The smallest absolute Gasteiger partial charge is 0.264 e. The normalized spacial score (nSPS) is 15.1. The molecular weight excluding hydrogens is 408 g/mol. The SMILES string of the molecule is Cc1ccccc1N(CC(=O)NCC1CCCCC1)S(=O)(=O)c1ccc(Cl)cc1. The highest BCUT2D eigenvalue weighted by Crippen LogP contribution is 2.27. The monoisotopic (exact) mass is 434 g/mol. The van der Waals surface area contributed by atoms with Gasteiger partial charge in [-0.25, -0.2) is 8.42 Å². The van der Waals surface area contributed by atoms with Crippen molar-refractivity contribution in [3.63, 3.8) is 0 Å². The summed E-state index contributed by atoms with van der Waals surface area (Å²) < 4.78 is 27.9. The van der Waals surface area contributed by atoms with Gasteiger partial charge in [-0.1, -0.05) is 49.1 Å². The highest BCUT2D eigenvalue weighted by Gasteiger charge is 2.28. The van der Waals surface area contributed by atoms with Crippen molar-refractivity contribution < 1.29 is 13.2 Å². The second-order valence-corrected chi connectivity index (χ2v) is 9.86. The predicted octanol–water partition coefficient (Wildman–Crippen LogP) is 4.54. The van der Waals surface area contributed by atoms with Crippen molar-refractivity contribution in [3.8, 4) is 0 Å². The van der Waals surface area contributed by atoms with Gasteiger partial charge in [-0.05, 0) is 61.6 Å². The zero-order valence-corrected chi connectivity index (χ0v) is 18.2. The molecule has 3 rings (SSSR count). The summed E-state index contributed by atoms with van der Waals surface area (Å²) >= 11 is 5.91. The van der Waals surface area contributed by atoms with E-state index >= 15 is 0 Å². The first-order valence-electron chi connectivity index (χ1n) is 9.98. The number of carbonyl (C=O) groups is 1. The molecule has 156 valence electrons. The molecule has 0 saturated heterocycles. The van der Waals surface area contributed by atoms with E-state index in [9.17, 15) is 13.2 Å². The van der Waals surface area contributed by atoms with E-state index in [1.165, 1.54) is 47.8 Å². The zero-order chi connectivity index (χ0) is 20.9. The summed E-state index contributed by atoms with van der Waals surface area (Å²) in [6.07, 6.45) is 5.88. The van der Waals surface area contributed by atoms with Gasteiger partial charge < -0.3 is 5.32 Å². The number of nitrogens with zero attached hydrogens (tertiary/aromatic N) is 1. The molecule has 0 unspecified atom stereocenters. The Morgan fingerprint density at radius 1 is 1.07 bits per heavy atom. The fourth-order valence-corrected chi connectivity index (χ4v) is 5.32. The molecule has 1 amide bonds. The van der Waals surface area contributed by atoms with Crippen LogP contribution in [-0.4, -0.2) is 27.4 Å². The van der Waals surface area contributed by atoms with E-state index < -0.39 is 10.0 Å². The van der Waals surface area contributed by atoms with E-state index in [4.69, 9.17) is 11.6 Å². The van der Waals surface area contributed by atoms with E-state index in [-0.39, 0.29) is 17.3 Å². The van der Waals surface area contributed by atoms with Gasteiger partial charge in [0.15, 0.2) is 0 Å². The van der Waals surface area contributed by atoms with E-state index in [0.717, 1.165) is 18.4 Å². The molecule has 2 aromatic rings. The first-order valence-corrected chi connectivity index (χ1v) is 11.8. The number of para-hydroxylation sites is 1. The van der Waals surface area contributed by atoms with E-state index in [2.05, 4.69) is 5.32 Å². The molecule has 0 atom stereocenters. The zero-order valence-electron chi connectivity index (χ0n) is 16.6. The Morgan fingerprint density at radius 2 is 1.72 bits per heavy atom. The van der Waals surface area contributed by atoms with Crippen LogP contribution in [0, 0.1) is 12.8 Å². The highest BCUT2D eigenvalue weighted by atomic mass is 35.5. The minimum Gasteiger partial charge on any atom is -0.354 e. The van der Waals surface area contributed by atoms with Crippen molar-refractivity contribution in [3.05, 3.63) is 59.1 Å². The van der Waals surface area contributed by atoms with Gasteiger partial charge in [0.1, 0.15) is 6.54 Å². The summed E-state index contributed by atoms with van der Waals surface area (Å²) in [4.78, 5) is 12.8. The Balaban J connectivity index is 1.82. The van der Waals surface area contributed by atoms with Crippen molar-refractivity contribution >= 4 is 33.2 Å². The van der Waals surface area contributed by atoms with Gasteiger partial charge >= 0.3 is 0 Å². The Labute approximate surface area is 178 Å². The lowest BCUT2D eigenvalue weighted by molar-refractivity contribution is -0.119. The predicted molar refractivity (Wildman–Crippen MR) is 117 cm³/mol. The van der Waals surface area contributed by atoms with E-state index in [0.29, 0.717) is 23.2 Å². The molecule has 1 N–H and O–H groups in total. The first-order chi connectivity index (χ1) is 13.9. The number of hydrogen-bond donors (Lipinski definition) is 1. The Bertz CT molecular complexity index is 939. The lowest BCUT2D eigenvalue weighted by Crippen LogP contribution is -2.42. The van der Waals surface area contributed by atoms with Gasteiger partial charge in [-0.15, -0.1) is 0 Å². The summed E-state index contributed by atoms with van der Waals surface area (Å²) in [6, 6.07) is 13.2. The van der Waals surface area contributed by atoms with Crippen LogP contribution in [0.3, 0.4) is 0 Å². The molecule has 0 spiro atoms.